The van der Waals surface area contributed by atoms with E-state index in [9.17, 15) is 13.2 Å². The van der Waals surface area contributed by atoms with Crippen molar-refractivity contribution in [2.24, 2.45) is 5.92 Å². The van der Waals surface area contributed by atoms with E-state index in [1.165, 1.54) is 12.1 Å². The molecule has 0 unspecified atom stereocenters. The molecule has 5 rings (SSSR count). The Morgan fingerprint density at radius 3 is 2.09 bits per heavy atom. The Morgan fingerprint density at radius 2 is 1.44 bits per heavy atom. The Bertz CT molecular complexity index is 1440. The molecular weight excluding hydrogens is 450 g/mol. The van der Waals surface area contributed by atoms with Crippen LogP contribution in [-0.4, -0.2) is 24.3 Å². The summed E-state index contributed by atoms with van der Waals surface area (Å²) in [5.74, 6) is 0.652. The molecular formula is C25H23N5O3S. The predicted molar refractivity (Wildman–Crippen MR) is 132 cm³/mol. The molecule has 0 radical (unpaired) electrons. The van der Waals surface area contributed by atoms with Crippen LogP contribution in [0.15, 0.2) is 83.8 Å². The number of anilines is 3. The zero-order valence-corrected chi connectivity index (χ0v) is 19.0. The van der Waals surface area contributed by atoms with Crippen molar-refractivity contribution in [2.45, 2.75) is 24.3 Å². The molecule has 0 atom stereocenters. The minimum Gasteiger partial charge on any atom is -0.363 e. The van der Waals surface area contributed by atoms with Crippen LogP contribution in [0.5, 0.6) is 0 Å². The summed E-state index contributed by atoms with van der Waals surface area (Å²) in [6.07, 6.45) is 1.91. The fourth-order valence-electron chi connectivity index (χ4n) is 3.46. The highest BCUT2D eigenvalue weighted by Crippen LogP contribution is 2.30. The summed E-state index contributed by atoms with van der Waals surface area (Å²) >= 11 is 0. The molecule has 0 aliphatic heterocycles. The molecule has 0 bridgehead atoms. The number of fused-ring (bicyclic) bond motifs is 1. The smallest absolute Gasteiger partial charge is 0.263 e. The molecule has 8 nitrogen and oxygen atoms in total. The van der Waals surface area contributed by atoms with Gasteiger partial charge in [-0.15, -0.1) is 0 Å². The van der Waals surface area contributed by atoms with Gasteiger partial charge in [-0.3, -0.25) is 9.52 Å². The van der Waals surface area contributed by atoms with Gasteiger partial charge in [-0.05, 0) is 54.8 Å². The van der Waals surface area contributed by atoms with Gasteiger partial charge in [0.15, 0.2) is 11.6 Å². The van der Waals surface area contributed by atoms with Gasteiger partial charge < -0.3 is 10.6 Å². The first-order chi connectivity index (χ1) is 16.5. The molecule has 4 aromatic rings. The molecule has 1 amide bonds. The molecule has 172 valence electrons. The largest absolute Gasteiger partial charge is 0.363 e. The van der Waals surface area contributed by atoms with Crippen LogP contribution >= 0.6 is 0 Å². The molecule has 3 N–H and O–H groups in total. The van der Waals surface area contributed by atoms with Gasteiger partial charge in [0.2, 0.25) is 5.91 Å². The number of nitrogens with one attached hydrogen (secondary N) is 3. The maximum absolute atomic E-state index is 12.9. The lowest BCUT2D eigenvalue weighted by Gasteiger charge is -2.14. The van der Waals surface area contributed by atoms with Crippen LogP contribution in [0.4, 0.5) is 17.3 Å². The number of hydrogen-bond donors (Lipinski definition) is 3. The number of carbonyl (C=O) groups excluding carboxylic acids is 1. The summed E-state index contributed by atoms with van der Waals surface area (Å²) in [5, 5.41) is 6.11. The maximum atomic E-state index is 12.9. The number of carbonyl (C=O) groups is 1. The second-order valence-corrected chi connectivity index (χ2v) is 9.82. The van der Waals surface area contributed by atoms with E-state index in [2.05, 4.69) is 25.3 Å². The maximum Gasteiger partial charge on any atom is 0.263 e. The van der Waals surface area contributed by atoms with Crippen LogP contribution in [0.1, 0.15) is 18.4 Å². The molecule has 9 heteroatoms. The van der Waals surface area contributed by atoms with Crippen LogP contribution in [0, 0.1) is 5.92 Å². The minimum absolute atomic E-state index is 0.0626. The van der Waals surface area contributed by atoms with Crippen molar-refractivity contribution in [3.63, 3.8) is 0 Å². The van der Waals surface area contributed by atoms with Crippen LogP contribution < -0.4 is 15.4 Å². The summed E-state index contributed by atoms with van der Waals surface area (Å²) in [5.41, 5.74) is 2.92. The Hall–Kier alpha value is -3.98. The van der Waals surface area contributed by atoms with E-state index >= 15 is 0 Å². The summed E-state index contributed by atoms with van der Waals surface area (Å²) in [6, 6.07) is 22.9. The molecule has 1 fully saturated rings. The van der Waals surface area contributed by atoms with Crippen molar-refractivity contribution in [2.75, 3.05) is 15.4 Å². The van der Waals surface area contributed by atoms with Crippen molar-refractivity contribution in [3.05, 3.63) is 84.4 Å². The van der Waals surface area contributed by atoms with Gasteiger partial charge in [-0.1, -0.05) is 42.5 Å². The second-order valence-electron chi connectivity index (χ2n) is 8.14. The zero-order chi connectivity index (χ0) is 23.5. The van der Waals surface area contributed by atoms with Crippen molar-refractivity contribution >= 4 is 44.3 Å². The molecule has 0 spiro atoms. The summed E-state index contributed by atoms with van der Waals surface area (Å²) in [4.78, 5) is 21.2. The first-order valence-corrected chi connectivity index (χ1v) is 12.4. The topological polar surface area (TPSA) is 113 Å². The van der Waals surface area contributed by atoms with Crippen molar-refractivity contribution in [1.29, 1.82) is 0 Å². The standard InChI is InChI=1S/C25H23N5O3S/c31-25(18-12-13-18)27-19-14-10-17(11-15-19)16-26-23-24(29-22-9-5-4-8-21(22)28-23)30-34(32,33)20-6-2-1-3-7-20/h1-11,14-15,18H,12-13,16H2,(H,26,28)(H,27,31)(H,29,30). The molecule has 0 saturated heterocycles. The fraction of sp³-hybridized carbons (Fsp3) is 0.160. The van der Waals surface area contributed by atoms with E-state index in [0.717, 1.165) is 24.1 Å². The normalized spacial score (nSPS) is 13.4. The van der Waals surface area contributed by atoms with E-state index in [1.54, 1.807) is 24.3 Å². The van der Waals surface area contributed by atoms with E-state index in [-0.39, 0.29) is 22.5 Å². The van der Waals surface area contributed by atoms with Crippen LogP contribution in [0.25, 0.3) is 11.0 Å². The molecule has 1 aliphatic carbocycles. The first kappa shape index (κ1) is 21.8. The number of para-hydroxylation sites is 2. The number of rotatable bonds is 8. The molecule has 1 aliphatic rings. The number of aromatic nitrogens is 2. The third kappa shape index (κ3) is 4.99. The third-order valence-electron chi connectivity index (χ3n) is 5.48. The van der Waals surface area contributed by atoms with Gasteiger partial charge in [-0.25, -0.2) is 18.4 Å². The number of amides is 1. The SMILES string of the molecule is O=C(Nc1ccc(CNc2nc3ccccc3nc2NS(=O)(=O)c2ccccc2)cc1)C1CC1. The Morgan fingerprint density at radius 1 is 0.824 bits per heavy atom. The lowest BCUT2D eigenvalue weighted by Crippen LogP contribution is -2.16. The molecule has 1 saturated carbocycles. The number of benzene rings is 3. The average molecular weight is 474 g/mol. The molecule has 1 heterocycles. The zero-order valence-electron chi connectivity index (χ0n) is 18.2. The predicted octanol–water partition coefficient (Wildman–Crippen LogP) is 4.39. The second kappa shape index (κ2) is 9.11. The lowest BCUT2D eigenvalue weighted by atomic mass is 10.2. The highest BCUT2D eigenvalue weighted by atomic mass is 32.2. The highest BCUT2D eigenvalue weighted by molar-refractivity contribution is 7.92. The van der Waals surface area contributed by atoms with Crippen molar-refractivity contribution < 1.29 is 13.2 Å². The van der Waals surface area contributed by atoms with E-state index in [1.807, 2.05) is 42.5 Å². The van der Waals surface area contributed by atoms with Crippen LogP contribution in [0.3, 0.4) is 0 Å². The molecule has 3 aromatic carbocycles. The number of nitrogens with zero attached hydrogens (tertiary/aromatic N) is 2. The third-order valence-corrected chi connectivity index (χ3v) is 6.84. The average Bonchev–Trinajstić information content (AvgIpc) is 3.70. The van der Waals surface area contributed by atoms with E-state index in [4.69, 9.17) is 0 Å². The quantitative estimate of drug-likeness (QED) is 0.350. The van der Waals surface area contributed by atoms with Crippen LogP contribution in [-0.2, 0) is 21.4 Å². The van der Waals surface area contributed by atoms with Gasteiger partial charge in [0.1, 0.15) is 0 Å². The van der Waals surface area contributed by atoms with Gasteiger partial charge in [0.25, 0.3) is 10.0 Å². The lowest BCUT2D eigenvalue weighted by molar-refractivity contribution is -0.117. The van der Waals surface area contributed by atoms with Crippen LogP contribution in [0.2, 0.25) is 0 Å². The summed E-state index contributed by atoms with van der Waals surface area (Å²) in [7, 11) is -3.84. The van der Waals surface area contributed by atoms with E-state index < -0.39 is 10.0 Å². The van der Waals surface area contributed by atoms with Crippen molar-refractivity contribution in [3.8, 4) is 0 Å². The molecule has 34 heavy (non-hydrogen) atoms. The van der Waals surface area contributed by atoms with Gasteiger partial charge in [-0.2, -0.15) is 0 Å². The van der Waals surface area contributed by atoms with E-state index in [0.29, 0.717) is 23.4 Å². The minimum atomic E-state index is -3.84. The molecule has 1 aromatic heterocycles. The highest BCUT2D eigenvalue weighted by Gasteiger charge is 2.29. The Labute approximate surface area is 197 Å². The monoisotopic (exact) mass is 473 g/mol. The van der Waals surface area contributed by atoms with Gasteiger partial charge in [0, 0.05) is 18.2 Å². The Kier molecular flexibility index (Phi) is 5.85. The summed E-state index contributed by atoms with van der Waals surface area (Å²) in [6.45, 7) is 0.393. The number of sulfonamides is 1. The van der Waals surface area contributed by atoms with Crippen molar-refractivity contribution in [1.82, 2.24) is 9.97 Å². The fourth-order valence-corrected chi connectivity index (χ4v) is 4.49. The van der Waals surface area contributed by atoms with Gasteiger partial charge >= 0.3 is 0 Å². The summed E-state index contributed by atoms with van der Waals surface area (Å²) < 4.78 is 28.4. The number of hydrogen-bond acceptors (Lipinski definition) is 6. The first-order valence-electron chi connectivity index (χ1n) is 11.0. The Balaban J connectivity index is 1.37. The van der Waals surface area contributed by atoms with Gasteiger partial charge in [0.05, 0.1) is 15.9 Å².